The number of anilines is 1. The molecule has 0 spiro atoms. The first-order valence-corrected chi connectivity index (χ1v) is 7.59. The van der Waals surface area contributed by atoms with Crippen molar-refractivity contribution < 1.29 is 9.18 Å². The summed E-state index contributed by atoms with van der Waals surface area (Å²) in [6.45, 7) is 1.48. The summed E-state index contributed by atoms with van der Waals surface area (Å²) in [7, 11) is 0. The summed E-state index contributed by atoms with van der Waals surface area (Å²) in [6.07, 6.45) is 0. The Morgan fingerprint density at radius 1 is 1.05 bits per heavy atom. The van der Waals surface area contributed by atoms with Gasteiger partial charge in [-0.15, -0.1) is 11.3 Å². The Hall–Kier alpha value is -2.53. The van der Waals surface area contributed by atoms with E-state index < -0.39 is 0 Å². The molecule has 1 aromatic heterocycles. The molecule has 3 rings (SSSR count). The number of rotatable bonds is 3. The second-order valence-corrected chi connectivity index (χ2v) is 5.66. The van der Waals surface area contributed by atoms with Gasteiger partial charge in [0.2, 0.25) is 5.91 Å². The molecule has 0 aliphatic heterocycles. The summed E-state index contributed by atoms with van der Waals surface area (Å²) in [5, 5.41) is 5.56. The van der Waals surface area contributed by atoms with Crippen molar-refractivity contribution in [1.29, 1.82) is 0 Å². The van der Waals surface area contributed by atoms with Crippen LogP contribution in [0.15, 0.2) is 53.9 Å². The number of thiazole rings is 1. The summed E-state index contributed by atoms with van der Waals surface area (Å²) < 4.78 is 13.0. The van der Waals surface area contributed by atoms with Gasteiger partial charge >= 0.3 is 0 Å². The van der Waals surface area contributed by atoms with Crippen LogP contribution in [0, 0.1) is 5.82 Å². The summed E-state index contributed by atoms with van der Waals surface area (Å²) in [5.74, 6) is -0.353. The largest absolute Gasteiger partial charge is 0.326 e. The number of aromatic nitrogens is 1. The number of carbonyl (C=O) groups is 1. The van der Waals surface area contributed by atoms with E-state index in [2.05, 4.69) is 10.3 Å². The van der Waals surface area contributed by atoms with Crippen LogP contribution in [0.1, 0.15) is 6.92 Å². The van der Waals surface area contributed by atoms with Crippen molar-refractivity contribution in [2.45, 2.75) is 6.92 Å². The first kappa shape index (κ1) is 14.4. The molecule has 1 amide bonds. The number of hydrogen-bond donors (Lipinski definition) is 1. The van der Waals surface area contributed by atoms with Gasteiger partial charge in [-0.3, -0.25) is 4.79 Å². The topological polar surface area (TPSA) is 42.0 Å². The third kappa shape index (κ3) is 3.20. The highest BCUT2D eigenvalue weighted by atomic mass is 32.1. The molecule has 1 N–H and O–H groups in total. The zero-order valence-electron chi connectivity index (χ0n) is 11.8. The van der Waals surface area contributed by atoms with Crippen molar-refractivity contribution in [2.24, 2.45) is 0 Å². The lowest BCUT2D eigenvalue weighted by Gasteiger charge is -2.02. The molecule has 0 radical (unpaired) electrons. The normalized spacial score (nSPS) is 10.5. The van der Waals surface area contributed by atoms with Crippen molar-refractivity contribution in [2.75, 3.05) is 5.32 Å². The molecule has 0 fully saturated rings. The minimum Gasteiger partial charge on any atom is -0.326 e. The monoisotopic (exact) mass is 312 g/mol. The Labute approximate surface area is 131 Å². The van der Waals surface area contributed by atoms with Crippen LogP contribution in [0.5, 0.6) is 0 Å². The van der Waals surface area contributed by atoms with Gasteiger partial charge in [0.15, 0.2) is 0 Å². The summed E-state index contributed by atoms with van der Waals surface area (Å²) in [5.41, 5.74) is 3.45. The third-order valence-corrected chi connectivity index (χ3v) is 3.99. The minimum absolute atomic E-state index is 0.0967. The summed E-state index contributed by atoms with van der Waals surface area (Å²) in [6, 6.07) is 13.8. The summed E-state index contributed by atoms with van der Waals surface area (Å²) in [4.78, 5) is 15.6. The van der Waals surface area contributed by atoms with E-state index in [0.717, 1.165) is 27.5 Å². The SMILES string of the molecule is CC(=O)Nc1ccc(-c2nc(-c3ccc(F)cc3)cs2)cc1. The van der Waals surface area contributed by atoms with Gasteiger partial charge in [-0.1, -0.05) is 0 Å². The van der Waals surface area contributed by atoms with E-state index in [9.17, 15) is 9.18 Å². The van der Waals surface area contributed by atoms with Crippen molar-refractivity contribution in [3.63, 3.8) is 0 Å². The Bertz CT molecular complexity index is 794. The van der Waals surface area contributed by atoms with Crippen LogP contribution < -0.4 is 5.32 Å². The van der Waals surface area contributed by atoms with Gasteiger partial charge in [0.25, 0.3) is 0 Å². The van der Waals surface area contributed by atoms with Gasteiger partial charge < -0.3 is 5.32 Å². The highest BCUT2D eigenvalue weighted by molar-refractivity contribution is 7.13. The highest BCUT2D eigenvalue weighted by Gasteiger charge is 2.07. The van der Waals surface area contributed by atoms with E-state index in [1.807, 2.05) is 29.6 Å². The maximum Gasteiger partial charge on any atom is 0.221 e. The lowest BCUT2D eigenvalue weighted by atomic mass is 10.1. The second kappa shape index (κ2) is 6.07. The van der Waals surface area contributed by atoms with Crippen LogP contribution in [-0.2, 0) is 4.79 Å². The van der Waals surface area contributed by atoms with Gasteiger partial charge in [-0.2, -0.15) is 0 Å². The van der Waals surface area contributed by atoms with Crippen molar-refractivity contribution >= 4 is 22.9 Å². The van der Waals surface area contributed by atoms with Crippen LogP contribution in [0.2, 0.25) is 0 Å². The van der Waals surface area contributed by atoms with E-state index in [0.29, 0.717) is 0 Å². The molecule has 0 unspecified atom stereocenters. The average Bonchev–Trinajstić information content (AvgIpc) is 2.98. The zero-order chi connectivity index (χ0) is 15.5. The zero-order valence-corrected chi connectivity index (χ0v) is 12.7. The van der Waals surface area contributed by atoms with Gasteiger partial charge in [-0.25, -0.2) is 9.37 Å². The Balaban J connectivity index is 1.84. The number of hydrogen-bond acceptors (Lipinski definition) is 3. The first-order valence-electron chi connectivity index (χ1n) is 6.71. The number of nitrogens with zero attached hydrogens (tertiary/aromatic N) is 1. The van der Waals surface area contributed by atoms with Crippen molar-refractivity contribution in [3.8, 4) is 21.8 Å². The first-order chi connectivity index (χ1) is 10.6. The number of carbonyl (C=O) groups excluding carboxylic acids is 1. The summed E-state index contributed by atoms with van der Waals surface area (Å²) >= 11 is 1.53. The quantitative estimate of drug-likeness (QED) is 0.769. The average molecular weight is 312 g/mol. The van der Waals surface area contributed by atoms with E-state index in [4.69, 9.17) is 0 Å². The van der Waals surface area contributed by atoms with Gasteiger partial charge in [0, 0.05) is 29.1 Å². The molecule has 5 heteroatoms. The molecule has 3 aromatic rings. The Morgan fingerprint density at radius 3 is 2.32 bits per heavy atom. The molecule has 110 valence electrons. The maximum absolute atomic E-state index is 13.0. The van der Waals surface area contributed by atoms with Gasteiger partial charge in [-0.05, 0) is 48.5 Å². The molecule has 3 nitrogen and oxygen atoms in total. The fourth-order valence-corrected chi connectivity index (χ4v) is 2.89. The van der Waals surface area contributed by atoms with Crippen molar-refractivity contribution in [1.82, 2.24) is 4.98 Å². The van der Waals surface area contributed by atoms with Crippen LogP contribution in [0.25, 0.3) is 21.8 Å². The molecule has 1 heterocycles. The highest BCUT2D eigenvalue weighted by Crippen LogP contribution is 2.29. The maximum atomic E-state index is 13.0. The van der Waals surface area contributed by atoms with Crippen LogP contribution in [-0.4, -0.2) is 10.9 Å². The lowest BCUT2D eigenvalue weighted by Crippen LogP contribution is -2.05. The molecule has 2 aromatic carbocycles. The minimum atomic E-state index is -0.257. The lowest BCUT2D eigenvalue weighted by molar-refractivity contribution is -0.114. The van der Waals surface area contributed by atoms with Crippen LogP contribution in [0.4, 0.5) is 10.1 Å². The van der Waals surface area contributed by atoms with Crippen LogP contribution in [0.3, 0.4) is 0 Å². The molecule has 0 bridgehead atoms. The molecular formula is C17H13FN2OS. The fourth-order valence-electron chi connectivity index (χ4n) is 2.06. The van der Waals surface area contributed by atoms with Gasteiger partial charge in [0.1, 0.15) is 10.8 Å². The predicted molar refractivity (Wildman–Crippen MR) is 87.2 cm³/mol. The molecular weight excluding hydrogens is 299 g/mol. The molecule has 22 heavy (non-hydrogen) atoms. The van der Waals surface area contributed by atoms with Gasteiger partial charge in [0.05, 0.1) is 5.69 Å². The smallest absolute Gasteiger partial charge is 0.221 e. The fraction of sp³-hybridized carbons (Fsp3) is 0.0588. The molecule has 0 aliphatic carbocycles. The number of halogens is 1. The molecule has 0 saturated heterocycles. The predicted octanol–water partition coefficient (Wildman–Crippen LogP) is 4.57. The number of amides is 1. The molecule has 0 aliphatic rings. The van der Waals surface area contributed by atoms with Crippen LogP contribution >= 0.6 is 11.3 Å². The standard InChI is InChI=1S/C17H13FN2OS/c1-11(21)19-15-8-4-13(5-9-15)17-20-16(10-22-17)12-2-6-14(18)7-3-12/h2-10H,1H3,(H,19,21). The second-order valence-electron chi connectivity index (χ2n) is 4.80. The van der Waals surface area contributed by atoms with E-state index >= 15 is 0 Å². The Morgan fingerprint density at radius 2 is 1.68 bits per heavy atom. The Kier molecular flexibility index (Phi) is 3.98. The number of nitrogens with one attached hydrogen (secondary N) is 1. The number of benzene rings is 2. The van der Waals surface area contributed by atoms with E-state index in [-0.39, 0.29) is 11.7 Å². The van der Waals surface area contributed by atoms with Crippen molar-refractivity contribution in [3.05, 3.63) is 59.7 Å². The third-order valence-electron chi connectivity index (χ3n) is 3.10. The van der Waals surface area contributed by atoms with E-state index in [1.165, 1.54) is 30.4 Å². The molecule has 0 saturated carbocycles. The molecule has 0 atom stereocenters. The van der Waals surface area contributed by atoms with E-state index in [1.54, 1.807) is 12.1 Å².